The molecule has 2 aliphatic rings. The zero-order chi connectivity index (χ0) is 19.8. The number of fused-ring (bicyclic) bond motifs is 3. The topological polar surface area (TPSA) is 24.9 Å². The van der Waals surface area contributed by atoms with Crippen LogP contribution in [-0.4, -0.2) is 11.5 Å². The van der Waals surface area contributed by atoms with Crippen LogP contribution < -0.4 is 5.32 Å². The summed E-state index contributed by atoms with van der Waals surface area (Å²) in [6.07, 6.45) is 10.4. The zero-order valence-corrected chi connectivity index (χ0v) is 19.3. The zero-order valence-electron chi connectivity index (χ0n) is 18.5. The largest absolute Gasteiger partial charge is 0.312 e. The monoisotopic (exact) mass is 412 g/mol. The molecule has 2 aromatic rings. The molecule has 2 nitrogen and oxygen atoms in total. The first kappa shape index (κ1) is 22.3. The summed E-state index contributed by atoms with van der Waals surface area (Å²) in [5, 5.41) is 3.77. The minimum Gasteiger partial charge on any atom is -0.312 e. The Labute approximate surface area is 183 Å². The fourth-order valence-electron chi connectivity index (χ4n) is 6.21. The second kappa shape index (κ2) is 8.78. The average Bonchev–Trinajstić information content (AvgIpc) is 2.68. The maximum Gasteiger partial charge on any atom is 0.0312 e. The highest BCUT2D eigenvalue weighted by atomic mass is 35.5. The van der Waals surface area contributed by atoms with Crippen molar-refractivity contribution in [1.82, 2.24) is 10.3 Å². The molecule has 158 valence electrons. The van der Waals surface area contributed by atoms with E-state index >= 15 is 0 Å². The lowest BCUT2D eigenvalue weighted by Gasteiger charge is -2.55. The molecular formula is C26H37ClN2. The number of nitrogens with one attached hydrogen (secondary N) is 1. The summed E-state index contributed by atoms with van der Waals surface area (Å²) in [7, 11) is 0. The smallest absolute Gasteiger partial charge is 0.0312 e. The molecule has 0 bridgehead atoms. The first-order valence-corrected chi connectivity index (χ1v) is 11.2. The predicted octanol–water partition coefficient (Wildman–Crippen LogP) is 6.43. The van der Waals surface area contributed by atoms with Crippen molar-refractivity contribution in [2.75, 3.05) is 6.54 Å². The number of aryl methyl sites for hydroxylation is 1. The van der Waals surface area contributed by atoms with Crippen LogP contribution in [0.4, 0.5) is 0 Å². The van der Waals surface area contributed by atoms with Crippen LogP contribution in [0.1, 0.15) is 81.5 Å². The van der Waals surface area contributed by atoms with Gasteiger partial charge in [0.05, 0.1) is 0 Å². The number of pyridine rings is 1. The maximum absolute atomic E-state index is 4.25. The van der Waals surface area contributed by atoms with Crippen LogP contribution in [-0.2, 0) is 18.4 Å². The Morgan fingerprint density at radius 3 is 2.72 bits per heavy atom. The Morgan fingerprint density at radius 2 is 2.00 bits per heavy atom. The number of hydrogen-bond acceptors (Lipinski definition) is 2. The van der Waals surface area contributed by atoms with Crippen molar-refractivity contribution in [2.24, 2.45) is 11.3 Å². The van der Waals surface area contributed by atoms with E-state index in [-0.39, 0.29) is 12.4 Å². The summed E-state index contributed by atoms with van der Waals surface area (Å²) >= 11 is 0. The van der Waals surface area contributed by atoms with E-state index in [0.717, 1.165) is 19.0 Å². The van der Waals surface area contributed by atoms with Crippen molar-refractivity contribution >= 4 is 12.4 Å². The SMILES string of the molecule is CC(C)c1ccc2c(c1)CC[C@@H]1[C@@](C)(CNCc3cccnc3)CCC[C@@]21C.Cl. The van der Waals surface area contributed by atoms with Crippen LogP contribution >= 0.6 is 12.4 Å². The Bertz CT molecular complexity index is 819. The van der Waals surface area contributed by atoms with Gasteiger partial charge in [0.2, 0.25) is 0 Å². The van der Waals surface area contributed by atoms with Gasteiger partial charge in [-0.15, -0.1) is 12.4 Å². The van der Waals surface area contributed by atoms with E-state index in [1.54, 1.807) is 11.1 Å². The van der Waals surface area contributed by atoms with E-state index < -0.39 is 0 Å². The summed E-state index contributed by atoms with van der Waals surface area (Å²) in [6, 6.07) is 11.6. The highest BCUT2D eigenvalue weighted by Gasteiger charge is 2.51. The van der Waals surface area contributed by atoms with Crippen LogP contribution in [0.25, 0.3) is 0 Å². The fraction of sp³-hybridized carbons (Fsp3) is 0.577. The van der Waals surface area contributed by atoms with Gasteiger partial charge in [-0.3, -0.25) is 4.98 Å². The lowest BCUT2D eigenvalue weighted by Crippen LogP contribution is -2.52. The van der Waals surface area contributed by atoms with Gasteiger partial charge < -0.3 is 5.32 Å². The first-order valence-electron chi connectivity index (χ1n) is 11.2. The summed E-state index contributed by atoms with van der Waals surface area (Å²) < 4.78 is 0. The third-order valence-electron chi connectivity index (χ3n) is 7.75. The summed E-state index contributed by atoms with van der Waals surface area (Å²) in [6.45, 7) is 11.7. The van der Waals surface area contributed by atoms with Crippen molar-refractivity contribution < 1.29 is 0 Å². The summed E-state index contributed by atoms with van der Waals surface area (Å²) in [5.41, 5.74) is 6.73. The van der Waals surface area contributed by atoms with Crippen LogP contribution in [0.15, 0.2) is 42.7 Å². The third kappa shape index (κ3) is 4.25. The molecule has 0 aliphatic heterocycles. The Morgan fingerprint density at radius 1 is 1.17 bits per heavy atom. The molecule has 1 saturated carbocycles. The summed E-state index contributed by atoms with van der Waals surface area (Å²) in [5.74, 6) is 1.37. The molecule has 1 aromatic carbocycles. The molecule has 0 radical (unpaired) electrons. The van der Waals surface area contributed by atoms with Gasteiger partial charge in [-0.2, -0.15) is 0 Å². The molecular weight excluding hydrogens is 376 g/mol. The molecule has 0 saturated heterocycles. The van der Waals surface area contributed by atoms with Gasteiger partial charge in [0.1, 0.15) is 0 Å². The van der Waals surface area contributed by atoms with E-state index in [2.05, 4.69) is 62.3 Å². The van der Waals surface area contributed by atoms with Crippen molar-refractivity contribution in [3.05, 3.63) is 65.0 Å². The Kier molecular flexibility index (Phi) is 6.75. The number of aromatic nitrogens is 1. The van der Waals surface area contributed by atoms with Crippen molar-refractivity contribution in [3.8, 4) is 0 Å². The van der Waals surface area contributed by atoms with Gasteiger partial charge in [-0.05, 0) is 76.7 Å². The standard InChI is InChI=1S/C26H36N2.ClH/c1-19(2)21-8-10-23-22(15-21)9-11-24-25(3,12-6-13-26(23,24)4)18-28-17-20-7-5-14-27-16-20;/h5,7-8,10,14-16,19,24,28H,6,9,11-13,17-18H2,1-4H3;1H/t24-,25-,26+;/m1./s1. The van der Waals surface area contributed by atoms with Gasteiger partial charge >= 0.3 is 0 Å². The molecule has 3 atom stereocenters. The molecule has 0 amide bonds. The second-order valence-corrected chi connectivity index (χ2v) is 10.1. The number of benzene rings is 1. The van der Waals surface area contributed by atoms with Crippen LogP contribution in [0, 0.1) is 11.3 Å². The van der Waals surface area contributed by atoms with Gasteiger partial charge in [-0.25, -0.2) is 0 Å². The van der Waals surface area contributed by atoms with Crippen LogP contribution in [0.2, 0.25) is 0 Å². The second-order valence-electron chi connectivity index (χ2n) is 10.1. The number of hydrogen-bond donors (Lipinski definition) is 1. The number of rotatable bonds is 5. The molecule has 4 rings (SSSR count). The molecule has 0 unspecified atom stereocenters. The molecule has 1 heterocycles. The normalized spacial score (nSPS) is 28.4. The van der Waals surface area contributed by atoms with Gasteiger partial charge in [0.25, 0.3) is 0 Å². The van der Waals surface area contributed by atoms with E-state index in [1.807, 2.05) is 18.5 Å². The highest BCUT2D eigenvalue weighted by Crippen LogP contribution is 2.57. The minimum atomic E-state index is 0. The quantitative estimate of drug-likeness (QED) is 0.612. The molecule has 1 fully saturated rings. The van der Waals surface area contributed by atoms with Gasteiger partial charge in [-0.1, -0.05) is 58.4 Å². The Hall–Kier alpha value is -1.38. The summed E-state index contributed by atoms with van der Waals surface area (Å²) in [4.78, 5) is 4.25. The lowest BCUT2D eigenvalue weighted by molar-refractivity contribution is 0.0257. The molecule has 29 heavy (non-hydrogen) atoms. The van der Waals surface area contributed by atoms with Crippen molar-refractivity contribution in [1.29, 1.82) is 0 Å². The predicted molar refractivity (Wildman–Crippen MR) is 125 cm³/mol. The minimum absolute atomic E-state index is 0. The highest BCUT2D eigenvalue weighted by molar-refractivity contribution is 5.85. The molecule has 1 aromatic heterocycles. The van der Waals surface area contributed by atoms with Crippen LogP contribution in [0.5, 0.6) is 0 Å². The number of halogens is 1. The van der Waals surface area contributed by atoms with Gasteiger partial charge in [0.15, 0.2) is 0 Å². The fourth-order valence-corrected chi connectivity index (χ4v) is 6.21. The third-order valence-corrected chi connectivity index (χ3v) is 7.75. The van der Waals surface area contributed by atoms with Gasteiger partial charge in [0, 0.05) is 25.5 Å². The van der Waals surface area contributed by atoms with E-state index in [4.69, 9.17) is 0 Å². The van der Waals surface area contributed by atoms with Crippen molar-refractivity contribution in [2.45, 2.75) is 77.7 Å². The molecule has 3 heteroatoms. The molecule has 2 aliphatic carbocycles. The lowest BCUT2D eigenvalue weighted by atomic mass is 9.49. The Balaban J connectivity index is 0.00000240. The van der Waals surface area contributed by atoms with Crippen LogP contribution in [0.3, 0.4) is 0 Å². The van der Waals surface area contributed by atoms with E-state index in [0.29, 0.717) is 16.7 Å². The molecule has 0 spiro atoms. The maximum atomic E-state index is 4.25. The van der Waals surface area contributed by atoms with Crippen molar-refractivity contribution in [3.63, 3.8) is 0 Å². The number of nitrogens with zero attached hydrogens (tertiary/aromatic N) is 1. The first-order chi connectivity index (χ1) is 13.4. The van der Waals surface area contributed by atoms with E-state index in [1.165, 1.54) is 43.2 Å². The average molecular weight is 413 g/mol. The van der Waals surface area contributed by atoms with E-state index in [9.17, 15) is 0 Å². The molecule has 1 N–H and O–H groups in total.